The van der Waals surface area contributed by atoms with Gasteiger partial charge in [0, 0.05) is 24.4 Å². The molecular formula is C16H20N4O2S. The summed E-state index contributed by atoms with van der Waals surface area (Å²) >= 11 is 1.53. The predicted octanol–water partition coefficient (Wildman–Crippen LogP) is 2.35. The van der Waals surface area contributed by atoms with Gasteiger partial charge in [-0.05, 0) is 25.5 Å². The number of H-pyrrole nitrogens is 1. The van der Waals surface area contributed by atoms with Crippen molar-refractivity contribution in [3.63, 3.8) is 0 Å². The molecule has 1 aromatic heterocycles. The molecule has 1 saturated heterocycles. The average Bonchev–Trinajstić information content (AvgIpc) is 3.05. The summed E-state index contributed by atoms with van der Waals surface area (Å²) in [5, 5.41) is 7.41. The second-order valence-electron chi connectivity index (χ2n) is 5.70. The number of benzene rings is 1. The van der Waals surface area contributed by atoms with Gasteiger partial charge in [-0.1, -0.05) is 30.0 Å². The van der Waals surface area contributed by atoms with Crippen molar-refractivity contribution in [2.24, 2.45) is 0 Å². The lowest BCUT2D eigenvalue weighted by molar-refractivity contribution is -0.0586. The number of ether oxygens (including phenoxy) is 1. The van der Waals surface area contributed by atoms with Crippen LogP contribution in [0.4, 0.5) is 0 Å². The van der Waals surface area contributed by atoms with Crippen molar-refractivity contribution in [3.05, 3.63) is 41.7 Å². The third-order valence-corrected chi connectivity index (χ3v) is 4.64. The third kappa shape index (κ3) is 3.92. The van der Waals surface area contributed by atoms with Gasteiger partial charge in [0.1, 0.15) is 6.33 Å². The molecule has 0 saturated carbocycles. The SMILES string of the molecule is CC1CN(C(=O)c2ccccc2CSc2ncn[nH]2)CC(C)O1. The molecule has 0 radical (unpaired) electrons. The van der Waals surface area contributed by atoms with Crippen LogP contribution in [0.5, 0.6) is 0 Å². The summed E-state index contributed by atoms with van der Waals surface area (Å²) in [6.45, 7) is 5.27. The van der Waals surface area contributed by atoms with Gasteiger partial charge in [0.15, 0.2) is 5.16 Å². The molecule has 1 fully saturated rings. The fourth-order valence-corrected chi connectivity index (χ4v) is 3.56. The molecule has 2 unspecified atom stereocenters. The number of hydrogen-bond acceptors (Lipinski definition) is 5. The number of rotatable bonds is 4. The number of nitrogens with zero attached hydrogens (tertiary/aromatic N) is 3. The second kappa shape index (κ2) is 7.14. The van der Waals surface area contributed by atoms with Crippen LogP contribution >= 0.6 is 11.8 Å². The monoisotopic (exact) mass is 332 g/mol. The zero-order valence-corrected chi connectivity index (χ0v) is 14.0. The van der Waals surface area contributed by atoms with Gasteiger partial charge < -0.3 is 9.64 Å². The van der Waals surface area contributed by atoms with Gasteiger partial charge >= 0.3 is 0 Å². The zero-order chi connectivity index (χ0) is 16.2. The van der Waals surface area contributed by atoms with Crippen molar-refractivity contribution in [1.29, 1.82) is 0 Å². The molecule has 1 N–H and O–H groups in total. The lowest BCUT2D eigenvalue weighted by Gasteiger charge is -2.35. The maximum atomic E-state index is 12.9. The van der Waals surface area contributed by atoms with Gasteiger partial charge in [0.05, 0.1) is 12.2 Å². The van der Waals surface area contributed by atoms with Crippen LogP contribution in [0.2, 0.25) is 0 Å². The highest BCUT2D eigenvalue weighted by atomic mass is 32.2. The maximum absolute atomic E-state index is 12.9. The van der Waals surface area contributed by atoms with Gasteiger partial charge in [0.2, 0.25) is 0 Å². The van der Waals surface area contributed by atoms with Gasteiger partial charge in [-0.2, -0.15) is 5.10 Å². The normalized spacial score (nSPS) is 21.4. The Morgan fingerprint density at radius 3 is 2.78 bits per heavy atom. The summed E-state index contributed by atoms with van der Waals surface area (Å²) in [5.74, 6) is 0.743. The summed E-state index contributed by atoms with van der Waals surface area (Å²) in [6.07, 6.45) is 1.62. The first-order valence-electron chi connectivity index (χ1n) is 7.64. The minimum absolute atomic E-state index is 0.0680. The van der Waals surface area contributed by atoms with Crippen LogP contribution in [-0.2, 0) is 10.5 Å². The average molecular weight is 332 g/mol. The first-order chi connectivity index (χ1) is 11.1. The van der Waals surface area contributed by atoms with E-state index in [2.05, 4.69) is 15.2 Å². The number of aromatic amines is 1. The fourth-order valence-electron chi connectivity index (χ4n) is 2.78. The van der Waals surface area contributed by atoms with E-state index in [1.54, 1.807) is 0 Å². The molecule has 2 aromatic rings. The largest absolute Gasteiger partial charge is 0.372 e. The quantitative estimate of drug-likeness (QED) is 0.870. The lowest BCUT2D eigenvalue weighted by atomic mass is 10.1. The molecule has 0 bridgehead atoms. The fraction of sp³-hybridized carbons (Fsp3) is 0.438. The number of morpholine rings is 1. The number of amides is 1. The molecular weight excluding hydrogens is 312 g/mol. The standard InChI is InChI=1S/C16H20N4O2S/c1-11-7-20(8-12(2)22-11)15(21)14-6-4-3-5-13(14)9-23-16-17-10-18-19-16/h3-6,10-12H,7-9H2,1-2H3,(H,17,18,19). The van der Waals surface area contributed by atoms with Crippen LogP contribution in [0, 0.1) is 0 Å². The number of aromatic nitrogens is 3. The Labute approximate surface area is 139 Å². The Balaban J connectivity index is 1.75. The minimum Gasteiger partial charge on any atom is -0.372 e. The molecule has 122 valence electrons. The molecule has 2 atom stereocenters. The van der Waals surface area contributed by atoms with Crippen molar-refractivity contribution in [1.82, 2.24) is 20.1 Å². The van der Waals surface area contributed by atoms with E-state index in [-0.39, 0.29) is 18.1 Å². The molecule has 3 rings (SSSR count). The molecule has 23 heavy (non-hydrogen) atoms. The summed E-state index contributed by atoms with van der Waals surface area (Å²) in [4.78, 5) is 18.9. The number of carbonyl (C=O) groups is 1. The molecule has 0 spiro atoms. The van der Waals surface area contributed by atoms with E-state index in [0.29, 0.717) is 18.8 Å². The second-order valence-corrected chi connectivity index (χ2v) is 6.67. The van der Waals surface area contributed by atoms with Crippen molar-refractivity contribution in [2.75, 3.05) is 13.1 Å². The zero-order valence-electron chi connectivity index (χ0n) is 13.2. The van der Waals surface area contributed by atoms with Gasteiger partial charge in [0.25, 0.3) is 5.91 Å². The summed E-state index contributed by atoms with van der Waals surface area (Å²) < 4.78 is 5.71. The highest BCUT2D eigenvalue weighted by Gasteiger charge is 2.27. The number of thioether (sulfide) groups is 1. The molecule has 2 heterocycles. The van der Waals surface area contributed by atoms with E-state index < -0.39 is 0 Å². The molecule has 1 aliphatic heterocycles. The van der Waals surface area contributed by atoms with Crippen LogP contribution < -0.4 is 0 Å². The summed E-state index contributed by atoms with van der Waals surface area (Å²) in [5.41, 5.74) is 1.76. The molecule has 1 aromatic carbocycles. The Morgan fingerprint density at radius 2 is 2.09 bits per heavy atom. The molecule has 0 aliphatic carbocycles. The van der Waals surface area contributed by atoms with Crippen molar-refractivity contribution in [3.8, 4) is 0 Å². The summed E-state index contributed by atoms with van der Waals surface area (Å²) in [6, 6.07) is 7.74. The highest BCUT2D eigenvalue weighted by molar-refractivity contribution is 7.98. The topological polar surface area (TPSA) is 71.1 Å². The lowest BCUT2D eigenvalue weighted by Crippen LogP contribution is -2.48. The number of carbonyl (C=O) groups excluding carboxylic acids is 1. The number of nitrogens with one attached hydrogen (secondary N) is 1. The van der Waals surface area contributed by atoms with Crippen LogP contribution in [0.1, 0.15) is 29.8 Å². The predicted molar refractivity (Wildman–Crippen MR) is 88.3 cm³/mol. The molecule has 1 aliphatic rings. The smallest absolute Gasteiger partial charge is 0.254 e. The van der Waals surface area contributed by atoms with Gasteiger partial charge in [-0.25, -0.2) is 4.98 Å². The Morgan fingerprint density at radius 1 is 1.35 bits per heavy atom. The van der Waals surface area contributed by atoms with Crippen LogP contribution in [-0.4, -0.2) is 51.3 Å². The van der Waals surface area contributed by atoms with Gasteiger partial charge in [-0.3, -0.25) is 9.89 Å². The van der Waals surface area contributed by atoms with Gasteiger partial charge in [-0.15, -0.1) is 0 Å². The van der Waals surface area contributed by atoms with Crippen LogP contribution in [0.15, 0.2) is 35.7 Å². The van der Waals surface area contributed by atoms with E-state index >= 15 is 0 Å². The van der Waals surface area contributed by atoms with Crippen molar-refractivity contribution in [2.45, 2.75) is 37.0 Å². The highest BCUT2D eigenvalue weighted by Crippen LogP contribution is 2.23. The summed E-state index contributed by atoms with van der Waals surface area (Å²) in [7, 11) is 0. The maximum Gasteiger partial charge on any atom is 0.254 e. The van der Waals surface area contributed by atoms with E-state index in [1.807, 2.05) is 43.0 Å². The minimum atomic E-state index is 0.0680. The van der Waals surface area contributed by atoms with E-state index in [4.69, 9.17) is 4.74 Å². The van der Waals surface area contributed by atoms with E-state index in [0.717, 1.165) is 16.3 Å². The van der Waals surface area contributed by atoms with E-state index in [9.17, 15) is 4.79 Å². The van der Waals surface area contributed by atoms with Crippen molar-refractivity contribution < 1.29 is 9.53 Å². The van der Waals surface area contributed by atoms with Crippen LogP contribution in [0.25, 0.3) is 0 Å². The molecule has 1 amide bonds. The Hall–Kier alpha value is -1.86. The first kappa shape index (κ1) is 16.0. The number of hydrogen-bond donors (Lipinski definition) is 1. The molecule has 7 heteroatoms. The first-order valence-corrected chi connectivity index (χ1v) is 8.63. The Kier molecular flexibility index (Phi) is 4.97. The van der Waals surface area contributed by atoms with E-state index in [1.165, 1.54) is 18.1 Å². The molecule has 6 nitrogen and oxygen atoms in total. The Bertz CT molecular complexity index is 652. The third-order valence-electron chi connectivity index (χ3n) is 3.71. The van der Waals surface area contributed by atoms with Crippen molar-refractivity contribution >= 4 is 17.7 Å². The van der Waals surface area contributed by atoms with Crippen LogP contribution in [0.3, 0.4) is 0 Å².